The molecule has 2 aromatic rings. The minimum atomic E-state index is 0.725. The molecule has 0 atom stereocenters. The first-order valence-electron chi connectivity index (χ1n) is 7.20. The maximum absolute atomic E-state index is 5.16. The third kappa shape index (κ3) is 3.84. The van der Waals surface area contributed by atoms with E-state index in [1.807, 2.05) is 18.5 Å². The molecule has 2 rings (SSSR count). The SMILES string of the molecule is CCCCn1ccnc1Nc1ccccc1CCOC. The summed E-state index contributed by atoms with van der Waals surface area (Å²) in [6, 6.07) is 8.31. The smallest absolute Gasteiger partial charge is 0.207 e. The van der Waals surface area contributed by atoms with E-state index in [4.69, 9.17) is 4.74 Å². The maximum Gasteiger partial charge on any atom is 0.207 e. The van der Waals surface area contributed by atoms with Gasteiger partial charge >= 0.3 is 0 Å². The number of aromatic nitrogens is 2. The molecule has 1 aromatic carbocycles. The molecule has 0 bridgehead atoms. The minimum Gasteiger partial charge on any atom is -0.384 e. The second-order valence-electron chi connectivity index (χ2n) is 4.82. The Hall–Kier alpha value is -1.81. The Balaban J connectivity index is 2.11. The van der Waals surface area contributed by atoms with Gasteiger partial charge in [-0.3, -0.25) is 0 Å². The number of unbranched alkanes of at least 4 members (excludes halogenated alkanes) is 1. The highest BCUT2D eigenvalue weighted by Gasteiger charge is 2.06. The van der Waals surface area contributed by atoms with Crippen LogP contribution in [0.4, 0.5) is 11.6 Å². The van der Waals surface area contributed by atoms with Gasteiger partial charge in [-0.25, -0.2) is 4.98 Å². The van der Waals surface area contributed by atoms with Crippen LogP contribution in [0.1, 0.15) is 25.3 Å². The summed E-state index contributed by atoms with van der Waals surface area (Å²) in [5, 5.41) is 3.44. The molecule has 4 nitrogen and oxygen atoms in total. The van der Waals surface area contributed by atoms with E-state index < -0.39 is 0 Å². The van der Waals surface area contributed by atoms with E-state index in [1.165, 1.54) is 12.0 Å². The van der Waals surface area contributed by atoms with E-state index in [0.717, 1.165) is 37.6 Å². The average molecular weight is 273 g/mol. The largest absolute Gasteiger partial charge is 0.384 e. The van der Waals surface area contributed by atoms with Crippen LogP contribution >= 0.6 is 0 Å². The molecule has 0 radical (unpaired) electrons. The van der Waals surface area contributed by atoms with E-state index in [0.29, 0.717) is 0 Å². The fourth-order valence-corrected chi connectivity index (χ4v) is 2.13. The predicted octanol–water partition coefficient (Wildman–Crippen LogP) is 3.62. The topological polar surface area (TPSA) is 39.1 Å². The normalized spacial score (nSPS) is 10.7. The van der Waals surface area contributed by atoms with Gasteiger partial charge in [-0.2, -0.15) is 0 Å². The lowest BCUT2D eigenvalue weighted by Crippen LogP contribution is -2.06. The molecular weight excluding hydrogens is 250 g/mol. The van der Waals surface area contributed by atoms with Crippen LogP contribution < -0.4 is 5.32 Å². The maximum atomic E-state index is 5.16. The molecule has 0 saturated heterocycles. The highest BCUT2D eigenvalue weighted by atomic mass is 16.5. The van der Waals surface area contributed by atoms with Gasteiger partial charge < -0.3 is 14.6 Å². The van der Waals surface area contributed by atoms with Crippen molar-refractivity contribution in [2.24, 2.45) is 0 Å². The van der Waals surface area contributed by atoms with Crippen molar-refractivity contribution >= 4 is 11.6 Å². The second-order valence-corrected chi connectivity index (χ2v) is 4.82. The molecule has 108 valence electrons. The summed E-state index contributed by atoms with van der Waals surface area (Å²) < 4.78 is 7.33. The van der Waals surface area contributed by atoms with Gasteiger partial charge in [0.15, 0.2) is 0 Å². The Labute approximate surface area is 120 Å². The monoisotopic (exact) mass is 273 g/mol. The molecule has 0 unspecified atom stereocenters. The fraction of sp³-hybridized carbons (Fsp3) is 0.438. The molecule has 1 heterocycles. The van der Waals surface area contributed by atoms with Crippen LogP contribution in [-0.2, 0) is 17.7 Å². The summed E-state index contributed by atoms with van der Waals surface area (Å²) in [6.07, 6.45) is 7.11. The molecule has 1 aromatic heterocycles. The number of hydrogen-bond acceptors (Lipinski definition) is 3. The zero-order valence-corrected chi connectivity index (χ0v) is 12.3. The first-order chi connectivity index (χ1) is 9.85. The van der Waals surface area contributed by atoms with E-state index in [9.17, 15) is 0 Å². The number of ether oxygens (including phenoxy) is 1. The van der Waals surface area contributed by atoms with E-state index in [1.54, 1.807) is 7.11 Å². The molecule has 1 N–H and O–H groups in total. The van der Waals surface area contributed by atoms with Gasteiger partial charge in [0.2, 0.25) is 5.95 Å². The van der Waals surface area contributed by atoms with Crippen molar-refractivity contribution in [3.8, 4) is 0 Å². The molecule has 0 spiro atoms. The number of rotatable bonds is 8. The van der Waals surface area contributed by atoms with Crippen molar-refractivity contribution in [2.75, 3.05) is 19.0 Å². The second kappa shape index (κ2) is 7.70. The van der Waals surface area contributed by atoms with Gasteiger partial charge in [0, 0.05) is 31.7 Å². The van der Waals surface area contributed by atoms with E-state index >= 15 is 0 Å². The number of imidazole rings is 1. The lowest BCUT2D eigenvalue weighted by atomic mass is 10.1. The first kappa shape index (κ1) is 14.6. The minimum absolute atomic E-state index is 0.725. The third-order valence-corrected chi connectivity index (χ3v) is 3.31. The molecule has 0 fully saturated rings. The molecule has 4 heteroatoms. The standard InChI is InChI=1S/C16H23N3O/c1-3-4-11-19-12-10-17-16(19)18-15-8-6-5-7-14(15)9-13-20-2/h5-8,10,12H,3-4,9,11,13H2,1-2H3,(H,17,18). The number of hydrogen-bond donors (Lipinski definition) is 1. The lowest BCUT2D eigenvalue weighted by Gasteiger charge is -2.13. The van der Waals surface area contributed by atoms with Crippen LogP contribution in [0.15, 0.2) is 36.7 Å². The zero-order chi connectivity index (χ0) is 14.2. The first-order valence-corrected chi connectivity index (χ1v) is 7.20. The van der Waals surface area contributed by atoms with Crippen LogP contribution in [0.2, 0.25) is 0 Å². The summed E-state index contributed by atoms with van der Waals surface area (Å²) in [7, 11) is 1.73. The number of nitrogens with one attached hydrogen (secondary N) is 1. The van der Waals surface area contributed by atoms with Gasteiger partial charge in [0.25, 0.3) is 0 Å². The quantitative estimate of drug-likeness (QED) is 0.798. The van der Waals surface area contributed by atoms with Crippen molar-refractivity contribution in [3.63, 3.8) is 0 Å². The lowest BCUT2D eigenvalue weighted by molar-refractivity contribution is 0.202. The average Bonchev–Trinajstić information content (AvgIpc) is 2.91. The van der Waals surface area contributed by atoms with Gasteiger partial charge in [-0.05, 0) is 24.5 Å². The summed E-state index contributed by atoms with van der Waals surface area (Å²) in [4.78, 5) is 4.41. The summed E-state index contributed by atoms with van der Waals surface area (Å²) in [6.45, 7) is 3.92. The summed E-state index contributed by atoms with van der Waals surface area (Å²) in [5.74, 6) is 0.906. The Kier molecular flexibility index (Phi) is 5.62. The Morgan fingerprint density at radius 2 is 2.15 bits per heavy atom. The van der Waals surface area contributed by atoms with Crippen LogP contribution in [-0.4, -0.2) is 23.3 Å². The predicted molar refractivity (Wildman–Crippen MR) is 82.4 cm³/mol. The summed E-state index contributed by atoms with van der Waals surface area (Å²) in [5.41, 5.74) is 2.35. The molecular formula is C16H23N3O. The molecule has 0 saturated carbocycles. The van der Waals surface area contributed by atoms with Gasteiger partial charge in [-0.15, -0.1) is 0 Å². The number of anilines is 2. The van der Waals surface area contributed by atoms with Crippen molar-refractivity contribution in [1.82, 2.24) is 9.55 Å². The number of benzene rings is 1. The summed E-state index contributed by atoms with van der Waals surface area (Å²) >= 11 is 0. The van der Waals surface area contributed by atoms with Crippen LogP contribution in [0.5, 0.6) is 0 Å². The third-order valence-electron chi connectivity index (χ3n) is 3.31. The van der Waals surface area contributed by atoms with Crippen LogP contribution in [0, 0.1) is 0 Å². The highest BCUT2D eigenvalue weighted by molar-refractivity contribution is 5.58. The van der Waals surface area contributed by atoms with Crippen molar-refractivity contribution in [1.29, 1.82) is 0 Å². The Bertz CT molecular complexity index is 522. The molecule has 0 aliphatic rings. The van der Waals surface area contributed by atoms with Crippen molar-refractivity contribution in [3.05, 3.63) is 42.2 Å². The number of nitrogens with zero attached hydrogens (tertiary/aromatic N) is 2. The molecule has 20 heavy (non-hydrogen) atoms. The van der Waals surface area contributed by atoms with Crippen LogP contribution in [0.25, 0.3) is 0 Å². The number of para-hydroxylation sites is 1. The molecule has 0 aliphatic carbocycles. The molecule has 0 amide bonds. The van der Waals surface area contributed by atoms with Crippen LogP contribution in [0.3, 0.4) is 0 Å². The number of aryl methyl sites for hydroxylation is 1. The Morgan fingerprint density at radius 1 is 1.30 bits per heavy atom. The van der Waals surface area contributed by atoms with Gasteiger partial charge in [0.1, 0.15) is 0 Å². The van der Waals surface area contributed by atoms with Crippen molar-refractivity contribution in [2.45, 2.75) is 32.7 Å². The molecule has 0 aliphatic heterocycles. The van der Waals surface area contributed by atoms with E-state index in [-0.39, 0.29) is 0 Å². The van der Waals surface area contributed by atoms with E-state index in [2.05, 4.69) is 40.0 Å². The van der Waals surface area contributed by atoms with Gasteiger partial charge in [-0.1, -0.05) is 31.5 Å². The highest BCUT2D eigenvalue weighted by Crippen LogP contribution is 2.20. The van der Waals surface area contributed by atoms with Crippen molar-refractivity contribution < 1.29 is 4.74 Å². The zero-order valence-electron chi connectivity index (χ0n) is 12.3. The number of methoxy groups -OCH3 is 1. The fourth-order valence-electron chi connectivity index (χ4n) is 2.13. The van der Waals surface area contributed by atoms with Gasteiger partial charge in [0.05, 0.1) is 6.61 Å². The Morgan fingerprint density at radius 3 is 2.95 bits per heavy atom.